The van der Waals surface area contributed by atoms with E-state index >= 15 is 0 Å². The molecule has 0 aliphatic carbocycles. The van der Waals surface area contributed by atoms with Crippen molar-refractivity contribution in [2.75, 3.05) is 31.3 Å². The van der Waals surface area contributed by atoms with Gasteiger partial charge in [-0.05, 0) is 0 Å². The summed E-state index contributed by atoms with van der Waals surface area (Å²) < 4.78 is 1.82. The number of nitrogens with one attached hydrogen (secondary N) is 1. The lowest BCUT2D eigenvalue weighted by Gasteiger charge is -2.05. The van der Waals surface area contributed by atoms with Crippen molar-refractivity contribution in [3.8, 4) is 0 Å². The number of nitrogens with zero attached hydrogens (tertiary/aromatic N) is 5. The predicted molar refractivity (Wildman–Crippen MR) is 77.9 cm³/mol. The van der Waals surface area contributed by atoms with Gasteiger partial charge < -0.3 is 20.5 Å². The Morgan fingerprint density at radius 1 is 1.55 bits per heavy atom. The van der Waals surface area contributed by atoms with Crippen LogP contribution in [0.4, 0.5) is 10.9 Å². The highest BCUT2D eigenvalue weighted by molar-refractivity contribution is 7.18. The summed E-state index contributed by atoms with van der Waals surface area (Å²) in [6.45, 7) is 0.472. The van der Waals surface area contributed by atoms with Gasteiger partial charge in [0, 0.05) is 34.1 Å². The van der Waals surface area contributed by atoms with Crippen molar-refractivity contribution in [3.05, 3.63) is 17.0 Å². The lowest BCUT2D eigenvalue weighted by molar-refractivity contribution is 0.0958. The van der Waals surface area contributed by atoms with Crippen LogP contribution >= 0.6 is 11.3 Å². The molecule has 2 aromatic heterocycles. The standard InChI is InChI=1S/C11H17N7OS/c1-17(2)11-15-9(12)8(20-11)10(19)13-5-4-7-16-14-6-18(7)3/h6H,4-5,12H2,1-3H3,(H,13,19). The van der Waals surface area contributed by atoms with Crippen LogP contribution in [0, 0.1) is 0 Å². The summed E-state index contributed by atoms with van der Waals surface area (Å²) in [7, 11) is 5.57. The van der Waals surface area contributed by atoms with Gasteiger partial charge in [0.05, 0.1) is 0 Å². The molecule has 0 aliphatic rings. The summed E-state index contributed by atoms with van der Waals surface area (Å²) in [4.78, 5) is 18.4. The second kappa shape index (κ2) is 5.87. The maximum atomic E-state index is 12.0. The van der Waals surface area contributed by atoms with Crippen molar-refractivity contribution >= 4 is 28.2 Å². The van der Waals surface area contributed by atoms with Gasteiger partial charge in [-0.25, -0.2) is 4.98 Å². The summed E-state index contributed by atoms with van der Waals surface area (Å²) in [5.41, 5.74) is 5.76. The Morgan fingerprint density at radius 2 is 2.30 bits per heavy atom. The number of aromatic nitrogens is 4. The summed E-state index contributed by atoms with van der Waals surface area (Å²) in [5.74, 6) is 0.863. The van der Waals surface area contributed by atoms with Crippen molar-refractivity contribution < 1.29 is 4.79 Å². The molecule has 0 spiro atoms. The zero-order valence-corrected chi connectivity index (χ0v) is 12.4. The third kappa shape index (κ3) is 3.05. The van der Waals surface area contributed by atoms with E-state index in [9.17, 15) is 4.79 Å². The Kier molecular flexibility index (Phi) is 4.18. The fraction of sp³-hybridized carbons (Fsp3) is 0.455. The molecule has 20 heavy (non-hydrogen) atoms. The second-order valence-corrected chi connectivity index (χ2v) is 5.45. The third-order valence-corrected chi connectivity index (χ3v) is 3.91. The number of nitrogen functional groups attached to an aromatic ring is 1. The topological polar surface area (TPSA) is 102 Å². The number of aryl methyl sites for hydroxylation is 1. The van der Waals surface area contributed by atoms with Gasteiger partial charge in [-0.15, -0.1) is 10.2 Å². The van der Waals surface area contributed by atoms with Crippen molar-refractivity contribution in [1.29, 1.82) is 0 Å². The molecule has 108 valence electrons. The molecular formula is C11H17N7OS. The minimum atomic E-state index is -0.213. The molecule has 8 nitrogen and oxygen atoms in total. The summed E-state index contributed by atoms with van der Waals surface area (Å²) >= 11 is 1.27. The lowest BCUT2D eigenvalue weighted by atomic mass is 10.4. The van der Waals surface area contributed by atoms with Crippen LogP contribution in [0.3, 0.4) is 0 Å². The smallest absolute Gasteiger partial charge is 0.265 e. The van der Waals surface area contributed by atoms with E-state index in [-0.39, 0.29) is 11.7 Å². The first-order valence-electron chi connectivity index (χ1n) is 6.03. The molecule has 3 N–H and O–H groups in total. The van der Waals surface area contributed by atoms with Crippen LogP contribution in [0.25, 0.3) is 0 Å². The molecule has 9 heteroatoms. The maximum Gasteiger partial charge on any atom is 0.265 e. The quantitative estimate of drug-likeness (QED) is 0.798. The number of carbonyl (C=O) groups excluding carboxylic acids is 1. The van der Waals surface area contributed by atoms with Gasteiger partial charge in [0.15, 0.2) is 5.13 Å². The maximum absolute atomic E-state index is 12.0. The molecule has 2 aromatic rings. The van der Waals surface area contributed by atoms with E-state index in [0.717, 1.165) is 5.82 Å². The van der Waals surface area contributed by atoms with E-state index in [1.54, 1.807) is 6.33 Å². The van der Waals surface area contributed by atoms with Crippen LogP contribution in [-0.4, -0.2) is 46.3 Å². The van der Waals surface area contributed by atoms with Gasteiger partial charge in [-0.2, -0.15) is 0 Å². The molecule has 0 bridgehead atoms. The number of nitrogens with two attached hydrogens (primary N) is 1. The molecule has 0 fully saturated rings. The average molecular weight is 295 g/mol. The first kappa shape index (κ1) is 14.3. The van der Waals surface area contributed by atoms with Crippen LogP contribution < -0.4 is 16.0 Å². The number of hydrogen-bond acceptors (Lipinski definition) is 7. The SMILES string of the molecule is CN(C)c1nc(N)c(C(=O)NCCc2nncn2C)s1. The molecule has 0 saturated carbocycles. The molecule has 1 amide bonds. The largest absolute Gasteiger partial charge is 0.382 e. The van der Waals surface area contributed by atoms with Crippen LogP contribution in [0.5, 0.6) is 0 Å². The highest BCUT2D eigenvalue weighted by atomic mass is 32.1. The Bertz CT molecular complexity index is 604. The van der Waals surface area contributed by atoms with Crippen LogP contribution in [-0.2, 0) is 13.5 Å². The van der Waals surface area contributed by atoms with E-state index in [0.29, 0.717) is 23.0 Å². The summed E-state index contributed by atoms with van der Waals surface area (Å²) in [6.07, 6.45) is 2.24. The lowest BCUT2D eigenvalue weighted by Crippen LogP contribution is -2.26. The van der Waals surface area contributed by atoms with Crippen LogP contribution in [0.2, 0.25) is 0 Å². The molecule has 0 aliphatic heterocycles. The Labute approximate surface area is 120 Å². The monoisotopic (exact) mass is 295 g/mol. The zero-order valence-electron chi connectivity index (χ0n) is 11.6. The Morgan fingerprint density at radius 3 is 2.85 bits per heavy atom. The van der Waals surface area contributed by atoms with Gasteiger partial charge >= 0.3 is 0 Å². The van der Waals surface area contributed by atoms with E-state index < -0.39 is 0 Å². The number of rotatable bonds is 5. The van der Waals surface area contributed by atoms with Gasteiger partial charge in [-0.1, -0.05) is 11.3 Å². The van der Waals surface area contributed by atoms with Gasteiger partial charge in [0.1, 0.15) is 22.8 Å². The fourth-order valence-electron chi connectivity index (χ4n) is 1.58. The van der Waals surface area contributed by atoms with E-state index in [1.807, 2.05) is 30.6 Å². The minimum absolute atomic E-state index is 0.213. The predicted octanol–water partition coefficient (Wildman–Crippen LogP) is -0.108. The first-order valence-corrected chi connectivity index (χ1v) is 6.85. The van der Waals surface area contributed by atoms with E-state index in [2.05, 4.69) is 20.5 Å². The van der Waals surface area contributed by atoms with Crippen LogP contribution in [0.1, 0.15) is 15.5 Å². The highest BCUT2D eigenvalue weighted by Crippen LogP contribution is 2.26. The number of hydrogen-bond donors (Lipinski definition) is 2. The summed E-state index contributed by atoms with van der Waals surface area (Å²) in [5, 5.41) is 11.3. The van der Waals surface area contributed by atoms with Crippen LogP contribution in [0.15, 0.2) is 6.33 Å². The zero-order chi connectivity index (χ0) is 14.7. The fourth-order valence-corrected chi connectivity index (χ4v) is 2.40. The van der Waals surface area contributed by atoms with Crippen molar-refractivity contribution in [3.63, 3.8) is 0 Å². The first-order chi connectivity index (χ1) is 9.49. The molecular weight excluding hydrogens is 278 g/mol. The second-order valence-electron chi connectivity index (χ2n) is 4.47. The van der Waals surface area contributed by atoms with Crippen molar-refractivity contribution in [1.82, 2.24) is 25.1 Å². The van der Waals surface area contributed by atoms with Crippen molar-refractivity contribution in [2.45, 2.75) is 6.42 Å². The minimum Gasteiger partial charge on any atom is -0.382 e. The summed E-state index contributed by atoms with van der Waals surface area (Å²) in [6, 6.07) is 0. The molecule has 0 radical (unpaired) electrons. The van der Waals surface area contributed by atoms with E-state index in [1.165, 1.54) is 11.3 Å². The Hall–Kier alpha value is -2.16. The number of amides is 1. The normalized spacial score (nSPS) is 10.6. The molecule has 0 aromatic carbocycles. The van der Waals surface area contributed by atoms with Gasteiger partial charge in [0.25, 0.3) is 5.91 Å². The number of anilines is 2. The molecule has 2 heterocycles. The molecule has 0 atom stereocenters. The van der Waals surface area contributed by atoms with E-state index in [4.69, 9.17) is 5.73 Å². The highest BCUT2D eigenvalue weighted by Gasteiger charge is 2.16. The van der Waals surface area contributed by atoms with Gasteiger partial charge in [0.2, 0.25) is 0 Å². The number of thiazole rings is 1. The average Bonchev–Trinajstić information content (AvgIpc) is 2.96. The molecule has 0 unspecified atom stereocenters. The number of carbonyl (C=O) groups is 1. The van der Waals surface area contributed by atoms with Crippen molar-refractivity contribution in [2.24, 2.45) is 7.05 Å². The Balaban J connectivity index is 1.93. The molecule has 2 rings (SSSR count). The third-order valence-electron chi connectivity index (χ3n) is 2.67. The molecule has 0 saturated heterocycles. The van der Waals surface area contributed by atoms with Gasteiger partial charge in [-0.3, -0.25) is 4.79 Å².